The maximum absolute atomic E-state index is 12.0. The lowest BCUT2D eigenvalue weighted by atomic mass is 9.98. The van der Waals surface area contributed by atoms with Crippen LogP contribution >= 0.6 is 15.9 Å². The minimum Gasteiger partial charge on any atom is -0.468 e. The van der Waals surface area contributed by atoms with Gasteiger partial charge in [0.15, 0.2) is 0 Å². The first-order chi connectivity index (χ1) is 8.95. The van der Waals surface area contributed by atoms with Crippen molar-refractivity contribution in [3.8, 4) is 0 Å². The van der Waals surface area contributed by atoms with Crippen LogP contribution in [-0.4, -0.2) is 35.4 Å². The van der Waals surface area contributed by atoms with Gasteiger partial charge in [0, 0.05) is 0 Å². The minimum absolute atomic E-state index is 0.182. The third kappa shape index (κ3) is 2.31. The highest BCUT2D eigenvalue weighted by Gasteiger charge is 2.46. The summed E-state index contributed by atoms with van der Waals surface area (Å²) in [5, 5.41) is 7.71. The molecule has 1 fully saturated rings. The monoisotopic (exact) mass is 329 g/mol. The van der Waals surface area contributed by atoms with E-state index < -0.39 is 5.54 Å². The molecule has 0 saturated heterocycles. The number of hydrogen-bond acceptors (Lipinski definition) is 4. The molecular formula is C13H20BrN3O2. The van der Waals surface area contributed by atoms with Gasteiger partial charge in [0.25, 0.3) is 0 Å². The Hall–Kier alpha value is -0.880. The first kappa shape index (κ1) is 14.5. The first-order valence-corrected chi connectivity index (χ1v) is 7.23. The average Bonchev–Trinajstić information content (AvgIpc) is 2.96. The van der Waals surface area contributed by atoms with Crippen LogP contribution in [0.1, 0.15) is 36.7 Å². The smallest absolute Gasteiger partial charge is 0.326 e. The van der Waals surface area contributed by atoms with Crippen LogP contribution in [-0.2, 0) is 9.53 Å². The molecular weight excluding hydrogens is 310 g/mol. The second kappa shape index (κ2) is 5.25. The van der Waals surface area contributed by atoms with Gasteiger partial charge < -0.3 is 10.1 Å². The lowest BCUT2D eigenvalue weighted by molar-refractivity contribution is -0.148. The summed E-state index contributed by atoms with van der Waals surface area (Å²) in [7, 11) is 3.26. The standard InChI is InChI=1S/C13H20BrN3O2/c1-8-11(14)9(2)17(16-8)10-5-6-13(7-10,15-3)12(18)19-4/h10,15H,5-7H2,1-4H3. The molecule has 0 bridgehead atoms. The molecule has 0 amide bonds. The van der Waals surface area contributed by atoms with E-state index in [2.05, 4.69) is 26.3 Å². The summed E-state index contributed by atoms with van der Waals surface area (Å²) in [5.74, 6) is -0.182. The summed E-state index contributed by atoms with van der Waals surface area (Å²) in [4.78, 5) is 12.0. The second-order valence-corrected chi connectivity index (χ2v) is 5.94. The summed E-state index contributed by atoms with van der Waals surface area (Å²) >= 11 is 3.54. The number of methoxy groups -OCH3 is 1. The molecule has 2 atom stereocenters. The van der Waals surface area contributed by atoms with E-state index in [0.29, 0.717) is 6.42 Å². The highest BCUT2D eigenvalue weighted by atomic mass is 79.9. The maximum atomic E-state index is 12.0. The molecule has 6 heteroatoms. The SMILES string of the molecule is CNC1(C(=O)OC)CCC(n2nc(C)c(Br)c2C)C1. The van der Waals surface area contributed by atoms with Gasteiger partial charge in [-0.15, -0.1) is 0 Å². The quantitative estimate of drug-likeness (QED) is 0.863. The first-order valence-electron chi connectivity index (χ1n) is 6.43. The van der Waals surface area contributed by atoms with Gasteiger partial charge in [0.05, 0.1) is 29.0 Å². The van der Waals surface area contributed by atoms with Crippen molar-refractivity contribution in [2.24, 2.45) is 0 Å². The van der Waals surface area contributed by atoms with E-state index in [1.807, 2.05) is 25.6 Å². The molecule has 1 aromatic rings. The highest BCUT2D eigenvalue weighted by Crippen LogP contribution is 2.39. The molecule has 19 heavy (non-hydrogen) atoms. The van der Waals surface area contributed by atoms with Gasteiger partial charge in [-0.3, -0.25) is 9.48 Å². The fourth-order valence-corrected chi connectivity index (χ4v) is 3.20. The number of carbonyl (C=O) groups excluding carboxylic acids is 1. The molecule has 5 nitrogen and oxygen atoms in total. The second-order valence-electron chi connectivity index (χ2n) is 5.15. The average molecular weight is 330 g/mol. The molecule has 106 valence electrons. The largest absolute Gasteiger partial charge is 0.468 e. The van der Waals surface area contributed by atoms with E-state index in [1.54, 1.807) is 0 Å². The molecule has 1 aromatic heterocycles. The summed E-state index contributed by atoms with van der Waals surface area (Å²) in [6.07, 6.45) is 2.41. The van der Waals surface area contributed by atoms with Crippen LogP contribution in [0.15, 0.2) is 4.47 Å². The Morgan fingerprint density at radius 3 is 2.74 bits per heavy atom. The summed E-state index contributed by atoms with van der Waals surface area (Å²) in [6, 6.07) is 0.233. The van der Waals surface area contributed by atoms with Crippen molar-refractivity contribution in [1.82, 2.24) is 15.1 Å². The Kier molecular flexibility index (Phi) is 4.01. The van der Waals surface area contributed by atoms with E-state index in [0.717, 1.165) is 28.7 Å². The number of likely N-dealkylation sites (N-methyl/N-ethyl adjacent to an activating group) is 1. The molecule has 0 aromatic carbocycles. The van der Waals surface area contributed by atoms with Crippen molar-refractivity contribution >= 4 is 21.9 Å². The number of nitrogens with one attached hydrogen (secondary N) is 1. The van der Waals surface area contributed by atoms with Crippen LogP contribution in [0.5, 0.6) is 0 Å². The van der Waals surface area contributed by atoms with Gasteiger partial charge in [0.2, 0.25) is 0 Å². The molecule has 0 spiro atoms. The summed E-state index contributed by atoms with van der Waals surface area (Å²) in [6.45, 7) is 4.02. The van der Waals surface area contributed by atoms with Crippen molar-refractivity contribution < 1.29 is 9.53 Å². The molecule has 1 aliphatic carbocycles. The molecule has 0 radical (unpaired) electrons. The fraction of sp³-hybridized carbons (Fsp3) is 0.692. The number of hydrogen-bond donors (Lipinski definition) is 1. The van der Waals surface area contributed by atoms with Crippen molar-refractivity contribution in [2.75, 3.05) is 14.2 Å². The fourth-order valence-electron chi connectivity index (χ4n) is 2.94. The van der Waals surface area contributed by atoms with E-state index in [-0.39, 0.29) is 12.0 Å². The van der Waals surface area contributed by atoms with Gasteiger partial charge in [0.1, 0.15) is 5.54 Å². The van der Waals surface area contributed by atoms with Crippen molar-refractivity contribution in [3.05, 3.63) is 15.9 Å². The maximum Gasteiger partial charge on any atom is 0.326 e. The predicted molar refractivity (Wildman–Crippen MR) is 76.1 cm³/mol. The molecule has 1 aliphatic rings. The van der Waals surface area contributed by atoms with E-state index in [4.69, 9.17) is 4.74 Å². The Labute approximate surface area is 121 Å². The number of esters is 1. The normalized spacial score (nSPS) is 26.7. The Bertz CT molecular complexity index is 500. The van der Waals surface area contributed by atoms with Gasteiger partial charge in [-0.1, -0.05) is 0 Å². The van der Waals surface area contributed by atoms with Gasteiger partial charge in [-0.2, -0.15) is 5.10 Å². The topological polar surface area (TPSA) is 56.1 Å². The molecule has 0 aliphatic heterocycles. The zero-order valence-corrected chi connectivity index (χ0v) is 13.4. The van der Waals surface area contributed by atoms with E-state index >= 15 is 0 Å². The Balaban J connectivity index is 2.26. The van der Waals surface area contributed by atoms with Crippen LogP contribution in [0.25, 0.3) is 0 Å². The van der Waals surface area contributed by atoms with Gasteiger partial charge in [-0.05, 0) is 56.1 Å². The number of ether oxygens (including phenoxy) is 1. The van der Waals surface area contributed by atoms with Crippen LogP contribution in [0.3, 0.4) is 0 Å². The van der Waals surface area contributed by atoms with E-state index in [9.17, 15) is 4.79 Å². The third-order valence-electron chi connectivity index (χ3n) is 4.13. The Morgan fingerprint density at radius 1 is 1.58 bits per heavy atom. The summed E-state index contributed by atoms with van der Waals surface area (Å²) < 4.78 is 8.01. The molecule has 2 rings (SSSR count). The third-order valence-corrected chi connectivity index (χ3v) is 5.27. The number of halogens is 1. The molecule has 1 saturated carbocycles. The Morgan fingerprint density at radius 2 is 2.26 bits per heavy atom. The van der Waals surface area contributed by atoms with Crippen molar-refractivity contribution in [2.45, 2.75) is 44.7 Å². The number of aromatic nitrogens is 2. The zero-order chi connectivity index (χ0) is 14.2. The van der Waals surface area contributed by atoms with Gasteiger partial charge in [-0.25, -0.2) is 0 Å². The molecule has 2 unspecified atom stereocenters. The van der Waals surface area contributed by atoms with Crippen LogP contribution < -0.4 is 5.32 Å². The number of rotatable bonds is 3. The number of aryl methyl sites for hydroxylation is 1. The van der Waals surface area contributed by atoms with Crippen molar-refractivity contribution in [1.29, 1.82) is 0 Å². The summed E-state index contributed by atoms with van der Waals surface area (Å²) in [5.41, 5.74) is 1.52. The predicted octanol–water partition coefficient (Wildman–Crippen LogP) is 2.12. The van der Waals surface area contributed by atoms with Crippen LogP contribution in [0.4, 0.5) is 0 Å². The van der Waals surface area contributed by atoms with Crippen LogP contribution in [0.2, 0.25) is 0 Å². The lowest BCUT2D eigenvalue weighted by Crippen LogP contribution is -2.49. The van der Waals surface area contributed by atoms with E-state index in [1.165, 1.54) is 7.11 Å². The lowest BCUT2D eigenvalue weighted by Gasteiger charge is -2.25. The van der Waals surface area contributed by atoms with Crippen LogP contribution in [0, 0.1) is 13.8 Å². The highest BCUT2D eigenvalue weighted by molar-refractivity contribution is 9.10. The number of nitrogens with zero attached hydrogens (tertiary/aromatic N) is 2. The molecule has 1 heterocycles. The number of carbonyl (C=O) groups is 1. The van der Waals surface area contributed by atoms with Crippen molar-refractivity contribution in [3.63, 3.8) is 0 Å². The van der Waals surface area contributed by atoms with Gasteiger partial charge >= 0.3 is 5.97 Å². The minimum atomic E-state index is -0.571. The molecule has 1 N–H and O–H groups in total. The zero-order valence-electron chi connectivity index (χ0n) is 11.8.